The van der Waals surface area contributed by atoms with Crippen molar-refractivity contribution in [2.24, 2.45) is 5.73 Å². The van der Waals surface area contributed by atoms with Gasteiger partial charge in [-0.2, -0.15) is 0 Å². The van der Waals surface area contributed by atoms with E-state index in [1.807, 2.05) is 37.3 Å². The van der Waals surface area contributed by atoms with Gasteiger partial charge in [0.1, 0.15) is 6.54 Å². The third-order valence-corrected chi connectivity index (χ3v) is 5.72. The second kappa shape index (κ2) is 6.57. The average Bonchev–Trinajstić information content (AvgIpc) is 2.59. The van der Waals surface area contributed by atoms with Crippen LogP contribution in [-0.4, -0.2) is 20.9 Å². The number of carbonyl (C=O) groups is 1. The van der Waals surface area contributed by atoms with Crippen molar-refractivity contribution in [2.75, 3.05) is 10.8 Å². The van der Waals surface area contributed by atoms with Crippen molar-refractivity contribution in [3.05, 3.63) is 72.3 Å². The lowest BCUT2D eigenvalue weighted by molar-refractivity contribution is -0.116. The van der Waals surface area contributed by atoms with Crippen LogP contribution >= 0.6 is 0 Å². The molecule has 0 heterocycles. The first-order chi connectivity index (χ1) is 11.9. The summed E-state index contributed by atoms with van der Waals surface area (Å²) in [5.41, 5.74) is 6.71. The predicted octanol–water partition coefficient (Wildman–Crippen LogP) is 2.83. The van der Waals surface area contributed by atoms with E-state index in [2.05, 4.69) is 0 Å². The summed E-state index contributed by atoms with van der Waals surface area (Å²) in [6.07, 6.45) is 0. The van der Waals surface area contributed by atoms with Gasteiger partial charge in [0.25, 0.3) is 10.0 Å². The first-order valence-corrected chi connectivity index (χ1v) is 9.19. The number of nitrogens with two attached hydrogens (primary N) is 1. The van der Waals surface area contributed by atoms with Gasteiger partial charge in [0.05, 0.1) is 10.6 Å². The molecule has 2 N–H and O–H groups in total. The van der Waals surface area contributed by atoms with E-state index in [4.69, 9.17) is 5.73 Å². The summed E-state index contributed by atoms with van der Waals surface area (Å²) in [7, 11) is -3.92. The van der Waals surface area contributed by atoms with Crippen molar-refractivity contribution >= 4 is 32.4 Å². The summed E-state index contributed by atoms with van der Waals surface area (Å²) in [4.78, 5) is 11.7. The average molecular weight is 354 g/mol. The summed E-state index contributed by atoms with van der Waals surface area (Å²) in [6.45, 7) is 1.45. The molecule has 5 nitrogen and oxygen atoms in total. The van der Waals surface area contributed by atoms with Gasteiger partial charge in [0.15, 0.2) is 0 Å². The van der Waals surface area contributed by atoms with E-state index >= 15 is 0 Å². The lowest BCUT2D eigenvalue weighted by Gasteiger charge is -2.24. The van der Waals surface area contributed by atoms with Crippen molar-refractivity contribution in [1.82, 2.24) is 0 Å². The highest BCUT2D eigenvalue weighted by atomic mass is 32.2. The van der Waals surface area contributed by atoms with Crippen LogP contribution in [0, 0.1) is 6.92 Å². The van der Waals surface area contributed by atoms with E-state index in [-0.39, 0.29) is 4.90 Å². The monoisotopic (exact) mass is 354 g/mol. The molecule has 0 saturated heterocycles. The Balaban J connectivity index is 2.20. The van der Waals surface area contributed by atoms with E-state index in [1.165, 1.54) is 12.1 Å². The fraction of sp³-hybridized carbons (Fsp3) is 0.105. The summed E-state index contributed by atoms with van der Waals surface area (Å²) >= 11 is 0. The SMILES string of the molecule is Cc1ccc(S(=O)(=O)N(CC(N)=O)c2cccc3ccccc23)cc1. The lowest BCUT2D eigenvalue weighted by atomic mass is 10.1. The number of aryl methyl sites for hydroxylation is 1. The maximum absolute atomic E-state index is 13.1. The van der Waals surface area contributed by atoms with E-state index in [1.54, 1.807) is 24.3 Å². The lowest BCUT2D eigenvalue weighted by Crippen LogP contribution is -2.38. The van der Waals surface area contributed by atoms with Crippen LogP contribution in [0.3, 0.4) is 0 Å². The van der Waals surface area contributed by atoms with E-state index in [9.17, 15) is 13.2 Å². The van der Waals surface area contributed by atoms with Crippen LogP contribution in [0.2, 0.25) is 0 Å². The smallest absolute Gasteiger partial charge is 0.264 e. The van der Waals surface area contributed by atoms with Crippen LogP contribution in [0.5, 0.6) is 0 Å². The summed E-state index contributed by atoms with van der Waals surface area (Å²) < 4.78 is 27.4. The molecule has 0 bridgehead atoms. The molecule has 0 radical (unpaired) electrons. The predicted molar refractivity (Wildman–Crippen MR) is 98.9 cm³/mol. The molecule has 0 unspecified atom stereocenters. The van der Waals surface area contributed by atoms with Crippen LogP contribution in [0.25, 0.3) is 10.8 Å². The Bertz CT molecular complexity index is 1020. The van der Waals surface area contributed by atoms with Crippen LogP contribution < -0.4 is 10.0 Å². The van der Waals surface area contributed by atoms with E-state index in [0.29, 0.717) is 5.69 Å². The maximum Gasteiger partial charge on any atom is 0.264 e. The number of primary amides is 1. The summed E-state index contributed by atoms with van der Waals surface area (Å²) in [6, 6.07) is 19.2. The van der Waals surface area contributed by atoms with Crippen molar-refractivity contribution in [1.29, 1.82) is 0 Å². The molecule has 0 aliphatic carbocycles. The molecule has 3 aromatic rings. The number of amides is 1. The number of rotatable bonds is 5. The molecule has 1 amide bonds. The van der Waals surface area contributed by atoms with Gasteiger partial charge in [-0.15, -0.1) is 0 Å². The molecular weight excluding hydrogens is 336 g/mol. The van der Waals surface area contributed by atoms with Gasteiger partial charge in [-0.05, 0) is 30.5 Å². The van der Waals surface area contributed by atoms with Crippen molar-refractivity contribution in [2.45, 2.75) is 11.8 Å². The Hall–Kier alpha value is -2.86. The minimum absolute atomic E-state index is 0.118. The molecule has 0 atom stereocenters. The highest BCUT2D eigenvalue weighted by Gasteiger charge is 2.27. The fourth-order valence-electron chi connectivity index (χ4n) is 2.70. The highest BCUT2D eigenvalue weighted by molar-refractivity contribution is 7.92. The van der Waals surface area contributed by atoms with Crippen molar-refractivity contribution in [3.8, 4) is 0 Å². The second-order valence-corrected chi connectivity index (χ2v) is 7.65. The number of carbonyl (C=O) groups excluding carboxylic acids is 1. The van der Waals surface area contributed by atoms with Gasteiger partial charge in [-0.25, -0.2) is 8.42 Å². The van der Waals surface area contributed by atoms with Gasteiger partial charge in [-0.1, -0.05) is 54.1 Å². The molecule has 6 heteroatoms. The van der Waals surface area contributed by atoms with E-state index < -0.39 is 22.5 Å². The number of fused-ring (bicyclic) bond motifs is 1. The Labute approximate surface area is 146 Å². The van der Waals surface area contributed by atoms with Crippen LogP contribution in [0.4, 0.5) is 5.69 Å². The number of benzene rings is 3. The van der Waals surface area contributed by atoms with Crippen LogP contribution in [0.15, 0.2) is 71.6 Å². The van der Waals surface area contributed by atoms with Crippen LogP contribution in [-0.2, 0) is 14.8 Å². The zero-order valence-electron chi connectivity index (χ0n) is 13.7. The quantitative estimate of drug-likeness (QED) is 0.765. The Morgan fingerprint density at radius 2 is 1.60 bits per heavy atom. The third-order valence-electron chi connectivity index (χ3n) is 3.94. The largest absolute Gasteiger partial charge is 0.368 e. The van der Waals surface area contributed by atoms with Gasteiger partial charge >= 0.3 is 0 Å². The topological polar surface area (TPSA) is 80.5 Å². The number of hydrogen-bond donors (Lipinski definition) is 1. The highest BCUT2D eigenvalue weighted by Crippen LogP contribution is 2.30. The molecule has 0 spiro atoms. The molecule has 3 aromatic carbocycles. The standard InChI is InChI=1S/C19H18N2O3S/c1-14-9-11-16(12-10-14)25(23,24)21(13-19(20)22)18-8-4-6-15-5-2-3-7-17(15)18/h2-12H,13H2,1H3,(H2,20,22). The second-order valence-electron chi connectivity index (χ2n) is 5.79. The van der Waals surface area contributed by atoms with Gasteiger partial charge < -0.3 is 5.73 Å². The number of anilines is 1. The zero-order chi connectivity index (χ0) is 18.0. The number of sulfonamides is 1. The molecule has 0 saturated carbocycles. The molecule has 25 heavy (non-hydrogen) atoms. The molecule has 128 valence electrons. The van der Waals surface area contributed by atoms with Crippen molar-refractivity contribution in [3.63, 3.8) is 0 Å². The van der Waals surface area contributed by atoms with Gasteiger partial charge in [0.2, 0.25) is 5.91 Å². The first kappa shape index (κ1) is 17.0. The van der Waals surface area contributed by atoms with Crippen LogP contribution in [0.1, 0.15) is 5.56 Å². The molecule has 0 aliphatic heterocycles. The summed E-state index contributed by atoms with van der Waals surface area (Å²) in [5.74, 6) is -0.719. The number of nitrogens with zero attached hydrogens (tertiary/aromatic N) is 1. The van der Waals surface area contributed by atoms with Gasteiger partial charge in [0, 0.05) is 5.39 Å². The van der Waals surface area contributed by atoms with Crippen molar-refractivity contribution < 1.29 is 13.2 Å². The first-order valence-electron chi connectivity index (χ1n) is 7.75. The Kier molecular flexibility index (Phi) is 4.46. The minimum Gasteiger partial charge on any atom is -0.368 e. The van der Waals surface area contributed by atoms with Gasteiger partial charge in [-0.3, -0.25) is 9.10 Å². The molecule has 3 rings (SSSR count). The Morgan fingerprint density at radius 3 is 2.28 bits per heavy atom. The minimum atomic E-state index is -3.92. The summed E-state index contributed by atoms with van der Waals surface area (Å²) in [5, 5.41) is 1.62. The van der Waals surface area contributed by atoms with E-state index in [0.717, 1.165) is 20.6 Å². The number of hydrogen-bond acceptors (Lipinski definition) is 3. The maximum atomic E-state index is 13.1. The normalized spacial score (nSPS) is 11.4. The fourth-order valence-corrected chi connectivity index (χ4v) is 4.15. The molecule has 0 fully saturated rings. The molecule has 0 aromatic heterocycles. The Morgan fingerprint density at radius 1 is 0.960 bits per heavy atom. The molecular formula is C19H18N2O3S. The molecule has 0 aliphatic rings. The zero-order valence-corrected chi connectivity index (χ0v) is 14.5. The third kappa shape index (κ3) is 3.34.